The summed E-state index contributed by atoms with van der Waals surface area (Å²) in [7, 11) is -4.53. The van der Waals surface area contributed by atoms with Gasteiger partial charge in [0, 0.05) is 81.1 Å². The summed E-state index contributed by atoms with van der Waals surface area (Å²) >= 11 is 6.24. The van der Waals surface area contributed by atoms with Crippen LogP contribution in [0.5, 0.6) is 17.4 Å². The van der Waals surface area contributed by atoms with Crippen LogP contribution < -0.4 is 19.1 Å². The highest BCUT2D eigenvalue weighted by Crippen LogP contribution is 2.44. The lowest BCUT2D eigenvalue weighted by Crippen LogP contribution is -2.47. The molecule has 2 fully saturated rings. The molecule has 0 atom stereocenters. The van der Waals surface area contributed by atoms with Crippen molar-refractivity contribution in [1.82, 2.24) is 14.6 Å². The molecule has 4 aromatic rings. The lowest BCUT2D eigenvalue weighted by atomic mass is 9.72. The second kappa shape index (κ2) is 17.6. The number of carbonyl (C=O) groups is 1. The Morgan fingerprint density at radius 1 is 1.02 bits per heavy atom. The molecule has 14 heteroatoms. The van der Waals surface area contributed by atoms with Crippen molar-refractivity contribution in [3.63, 3.8) is 0 Å². The van der Waals surface area contributed by atoms with E-state index in [0.29, 0.717) is 5.75 Å². The third-order valence-corrected chi connectivity index (χ3v) is 13.6. The molecule has 1 N–H and O–H groups in total. The van der Waals surface area contributed by atoms with E-state index in [1.165, 1.54) is 16.7 Å². The molecule has 1 aromatic heterocycles. The Bertz CT molecular complexity index is 2520. The second-order valence-corrected chi connectivity index (χ2v) is 19.2. The van der Waals surface area contributed by atoms with E-state index < -0.39 is 26.5 Å². The fourth-order valence-corrected chi connectivity index (χ4v) is 9.50. The maximum absolute atomic E-state index is 15.1. The normalized spacial score (nSPS) is 18.6. The van der Waals surface area contributed by atoms with Crippen LogP contribution in [-0.4, -0.2) is 82.4 Å². The summed E-state index contributed by atoms with van der Waals surface area (Å²) in [6, 6.07) is 22.0. The second-order valence-electron chi connectivity index (χ2n) is 17.0. The summed E-state index contributed by atoms with van der Waals surface area (Å²) in [6.45, 7) is 8.85. The maximum atomic E-state index is 15.1. The Balaban J connectivity index is 1.00. The first-order valence-corrected chi connectivity index (χ1v) is 22.6. The standard InChI is InChI=1S/C47H49ClFN5O6S/c1-46(2)16-15-34(41(27-46)33-9-11-36(48)12-10-33)30-53-19-21-54(22-20-53)37-13-14-40(43(26-37)60-42-8-4-6-32-5-3-7-39(32)42)44(55)52-61(56,57)38-25-35(28-50)45(51-29-38)59-31-47(49)17-23-58-24-18-47/h3-4,6-14,25-26,29H,5,15-24,27,30-31H2,1-2H3,(H,52,55). The first-order chi connectivity index (χ1) is 29.3. The molecule has 0 radical (unpaired) electrons. The fraction of sp³-hybridized carbons (Fsp3) is 0.383. The van der Waals surface area contributed by atoms with Crippen molar-refractivity contribution in [3.8, 4) is 23.4 Å². The van der Waals surface area contributed by atoms with Crippen molar-refractivity contribution in [2.45, 2.75) is 62.9 Å². The summed E-state index contributed by atoms with van der Waals surface area (Å²) in [5, 5.41) is 10.5. The van der Waals surface area contributed by atoms with Crippen LogP contribution in [0, 0.1) is 16.7 Å². The van der Waals surface area contributed by atoms with Crippen LogP contribution >= 0.6 is 11.6 Å². The van der Waals surface area contributed by atoms with Crippen LogP contribution in [0.3, 0.4) is 0 Å². The number of aromatic nitrogens is 1. The number of nitrogens with zero attached hydrogens (tertiary/aromatic N) is 4. The number of hydrogen-bond donors (Lipinski definition) is 1. The number of anilines is 1. The predicted octanol–water partition coefficient (Wildman–Crippen LogP) is 8.77. The summed E-state index contributed by atoms with van der Waals surface area (Å²) in [6.07, 6.45) is 9.22. The molecular formula is C47H49ClFN5O6S. The topological polar surface area (TPSA) is 134 Å². The minimum Gasteiger partial charge on any atom is -0.473 e. The number of benzene rings is 3. The maximum Gasteiger partial charge on any atom is 0.268 e. The minimum absolute atomic E-state index is 0.00514. The molecule has 2 aliphatic heterocycles. The van der Waals surface area contributed by atoms with Gasteiger partial charge < -0.3 is 19.1 Å². The molecule has 0 spiro atoms. The third-order valence-electron chi connectivity index (χ3n) is 12.1. The zero-order valence-corrected chi connectivity index (χ0v) is 36.0. The molecule has 0 bridgehead atoms. The van der Waals surface area contributed by atoms with E-state index in [4.69, 9.17) is 25.8 Å². The van der Waals surface area contributed by atoms with Crippen LogP contribution in [0.25, 0.3) is 11.6 Å². The Hall–Kier alpha value is -5.26. The average molecular weight is 866 g/mol. The Morgan fingerprint density at radius 2 is 1.79 bits per heavy atom. The van der Waals surface area contributed by atoms with Crippen molar-refractivity contribution in [2.75, 3.05) is 57.4 Å². The van der Waals surface area contributed by atoms with Crippen LogP contribution in [0.1, 0.15) is 78.6 Å². The van der Waals surface area contributed by atoms with E-state index in [2.05, 4.69) is 45.5 Å². The zero-order valence-electron chi connectivity index (χ0n) is 34.4. The smallest absolute Gasteiger partial charge is 0.268 e. The first kappa shape index (κ1) is 42.4. The van der Waals surface area contributed by atoms with Gasteiger partial charge in [0.05, 0.1) is 11.8 Å². The summed E-state index contributed by atoms with van der Waals surface area (Å²) in [5.74, 6) is -0.394. The molecule has 8 rings (SSSR count). The van der Waals surface area contributed by atoms with Gasteiger partial charge in [0.1, 0.15) is 40.3 Å². The number of sulfonamides is 1. The molecule has 4 aliphatic rings. The van der Waals surface area contributed by atoms with Crippen LogP contribution in [0.2, 0.25) is 5.02 Å². The summed E-state index contributed by atoms with van der Waals surface area (Å²) in [5.41, 5.74) is 5.31. The van der Waals surface area contributed by atoms with E-state index in [1.54, 1.807) is 18.2 Å². The van der Waals surface area contributed by atoms with Crippen LogP contribution in [-0.2, 0) is 21.2 Å². The molecule has 0 unspecified atom stereocenters. The number of ether oxygens (including phenoxy) is 3. The fourth-order valence-electron chi connectivity index (χ4n) is 8.44. The number of fused-ring (bicyclic) bond motifs is 1. The molecule has 2 saturated heterocycles. The monoisotopic (exact) mass is 865 g/mol. The van der Waals surface area contributed by atoms with Crippen molar-refractivity contribution in [2.24, 2.45) is 5.41 Å². The Kier molecular flexibility index (Phi) is 12.3. The van der Waals surface area contributed by atoms with Crippen molar-refractivity contribution in [3.05, 3.63) is 117 Å². The average Bonchev–Trinajstić information content (AvgIpc) is 3.74. The highest BCUT2D eigenvalue weighted by atomic mass is 35.5. The molecule has 11 nitrogen and oxygen atoms in total. The van der Waals surface area contributed by atoms with E-state index in [0.717, 1.165) is 92.5 Å². The largest absolute Gasteiger partial charge is 0.473 e. The van der Waals surface area contributed by atoms with E-state index in [1.807, 2.05) is 48.6 Å². The number of piperazine rings is 1. The van der Waals surface area contributed by atoms with Gasteiger partial charge in [-0.05, 0) is 84.2 Å². The highest BCUT2D eigenvalue weighted by molar-refractivity contribution is 7.90. The van der Waals surface area contributed by atoms with E-state index in [9.17, 15) is 18.5 Å². The van der Waals surface area contributed by atoms with Gasteiger partial charge in [-0.1, -0.05) is 67.4 Å². The minimum atomic E-state index is -4.53. The number of nitrogens with one attached hydrogen (secondary N) is 1. The molecule has 3 aromatic carbocycles. The number of nitriles is 1. The van der Waals surface area contributed by atoms with E-state index in [-0.39, 0.29) is 60.8 Å². The first-order valence-electron chi connectivity index (χ1n) is 20.7. The summed E-state index contributed by atoms with van der Waals surface area (Å²) in [4.78, 5) is 22.3. The molecular weight excluding hydrogens is 817 g/mol. The molecule has 318 valence electrons. The van der Waals surface area contributed by atoms with Gasteiger partial charge in [-0.15, -0.1) is 0 Å². The zero-order chi connectivity index (χ0) is 42.8. The van der Waals surface area contributed by atoms with Crippen molar-refractivity contribution in [1.29, 1.82) is 5.26 Å². The number of halogens is 2. The molecule has 61 heavy (non-hydrogen) atoms. The van der Waals surface area contributed by atoms with Crippen LogP contribution in [0.15, 0.2) is 89.5 Å². The third kappa shape index (κ3) is 9.79. The predicted molar refractivity (Wildman–Crippen MR) is 233 cm³/mol. The van der Waals surface area contributed by atoms with Gasteiger partial charge in [-0.2, -0.15) is 5.26 Å². The number of carbonyl (C=O) groups excluding carboxylic acids is 1. The number of rotatable bonds is 12. The van der Waals surface area contributed by atoms with Gasteiger partial charge in [-0.25, -0.2) is 22.5 Å². The number of amides is 1. The molecule has 2 aliphatic carbocycles. The number of allylic oxidation sites excluding steroid dienone is 2. The lowest BCUT2D eigenvalue weighted by Gasteiger charge is -2.39. The quantitative estimate of drug-likeness (QED) is 0.147. The lowest BCUT2D eigenvalue weighted by molar-refractivity contribution is -0.0331. The van der Waals surface area contributed by atoms with Crippen molar-refractivity contribution < 1.29 is 31.8 Å². The van der Waals surface area contributed by atoms with Crippen LogP contribution in [0.4, 0.5) is 10.1 Å². The van der Waals surface area contributed by atoms with Crippen molar-refractivity contribution >= 4 is 44.9 Å². The highest BCUT2D eigenvalue weighted by Gasteiger charge is 2.34. The van der Waals surface area contributed by atoms with Gasteiger partial charge in [0.2, 0.25) is 5.88 Å². The Morgan fingerprint density at radius 3 is 2.54 bits per heavy atom. The van der Waals surface area contributed by atoms with Gasteiger partial charge in [-0.3, -0.25) is 9.69 Å². The number of alkyl halides is 1. The molecule has 3 heterocycles. The summed E-state index contributed by atoms with van der Waals surface area (Å²) < 4.78 is 61.8. The molecule has 1 amide bonds. The SMILES string of the molecule is CC1(C)CCC(CN2CCN(c3ccc(C(=O)NS(=O)(=O)c4cnc(OCC5(F)CCOCC5)c(C#N)c4)c(Oc4cccc5c4C=CC5)c3)CC2)=C(c2ccc(Cl)cc2)C1. The number of hydrogen-bond acceptors (Lipinski definition) is 10. The number of pyridine rings is 1. The van der Waals surface area contributed by atoms with Gasteiger partial charge >= 0.3 is 0 Å². The molecule has 0 saturated carbocycles. The van der Waals surface area contributed by atoms with E-state index >= 15 is 4.39 Å². The van der Waals surface area contributed by atoms with Gasteiger partial charge in [0.15, 0.2) is 0 Å². The van der Waals surface area contributed by atoms with Gasteiger partial charge in [0.25, 0.3) is 15.9 Å². The Labute approximate surface area is 361 Å².